The van der Waals surface area contributed by atoms with Gasteiger partial charge in [0.05, 0.1) is 0 Å². The van der Waals surface area contributed by atoms with Crippen LogP contribution in [0.5, 0.6) is 0 Å². The molecule has 1 heterocycles. The first-order chi connectivity index (χ1) is 10.8. The van der Waals surface area contributed by atoms with E-state index in [-0.39, 0.29) is 0 Å². The van der Waals surface area contributed by atoms with Crippen LogP contribution in [0.4, 0.5) is 0 Å². The van der Waals surface area contributed by atoms with Crippen LogP contribution < -0.4 is 5.32 Å². The predicted octanol–water partition coefficient (Wildman–Crippen LogP) is 3.39. The van der Waals surface area contributed by atoms with Crippen molar-refractivity contribution in [3.8, 4) is 0 Å². The van der Waals surface area contributed by atoms with Crippen LogP contribution in [0.1, 0.15) is 12.5 Å². The minimum absolute atomic E-state index is 0.529. The largest absolute Gasteiger partial charge is 0.315 e. The Balaban J connectivity index is 1.71. The van der Waals surface area contributed by atoms with Crippen LogP contribution in [0.2, 0.25) is 0 Å². The molecule has 116 valence electrons. The summed E-state index contributed by atoms with van der Waals surface area (Å²) in [4.78, 5) is 2.56. The first kappa shape index (κ1) is 15.3. The fourth-order valence-corrected chi connectivity index (χ4v) is 3.46. The Morgan fingerprint density at radius 2 is 1.95 bits per heavy atom. The summed E-state index contributed by atoms with van der Waals surface area (Å²) < 4.78 is 0. The van der Waals surface area contributed by atoms with Crippen LogP contribution in [0.15, 0.2) is 66.3 Å². The van der Waals surface area contributed by atoms with Crippen molar-refractivity contribution >= 4 is 0 Å². The molecule has 1 aromatic carbocycles. The molecule has 2 nitrogen and oxygen atoms in total. The maximum Gasteiger partial charge on any atom is 0.0273 e. The molecule has 2 heteroatoms. The van der Waals surface area contributed by atoms with Gasteiger partial charge in [-0.3, -0.25) is 4.90 Å². The maximum atomic E-state index is 3.52. The van der Waals surface area contributed by atoms with Gasteiger partial charge in [0.15, 0.2) is 0 Å². The van der Waals surface area contributed by atoms with Crippen molar-refractivity contribution < 1.29 is 0 Å². The van der Waals surface area contributed by atoms with Gasteiger partial charge in [-0.25, -0.2) is 0 Å². The fourth-order valence-electron chi connectivity index (χ4n) is 3.46. The van der Waals surface area contributed by atoms with Crippen molar-refractivity contribution in [1.29, 1.82) is 0 Å². The number of likely N-dealkylation sites (tertiary alicyclic amines) is 1. The lowest BCUT2D eigenvalue weighted by molar-refractivity contribution is 0.318. The van der Waals surface area contributed by atoms with Crippen molar-refractivity contribution in [2.45, 2.75) is 19.5 Å². The van der Waals surface area contributed by atoms with Crippen molar-refractivity contribution in [2.24, 2.45) is 11.8 Å². The molecule has 1 aromatic rings. The van der Waals surface area contributed by atoms with Gasteiger partial charge in [-0.15, -0.1) is 0 Å². The van der Waals surface area contributed by atoms with Gasteiger partial charge < -0.3 is 5.32 Å². The van der Waals surface area contributed by atoms with Gasteiger partial charge in [-0.1, -0.05) is 67.6 Å². The molecular weight excluding hydrogens is 268 g/mol. The fraction of sp³-hybridized carbons (Fsp3) is 0.400. The highest BCUT2D eigenvalue weighted by atomic mass is 15.2. The quantitative estimate of drug-likeness (QED) is 0.915. The van der Waals surface area contributed by atoms with Crippen LogP contribution in [0.25, 0.3) is 0 Å². The highest BCUT2D eigenvalue weighted by Gasteiger charge is 2.33. The third kappa shape index (κ3) is 3.57. The molecule has 1 saturated heterocycles. The van der Waals surface area contributed by atoms with Gasteiger partial charge in [-0.05, 0) is 24.1 Å². The molecule has 0 saturated carbocycles. The smallest absolute Gasteiger partial charge is 0.0273 e. The average molecular weight is 294 g/mol. The van der Waals surface area contributed by atoms with E-state index in [1.807, 2.05) is 0 Å². The van der Waals surface area contributed by atoms with Crippen LogP contribution >= 0.6 is 0 Å². The van der Waals surface area contributed by atoms with Gasteiger partial charge in [0.25, 0.3) is 0 Å². The number of nitrogens with one attached hydrogen (secondary N) is 1. The molecule has 0 spiro atoms. The van der Waals surface area contributed by atoms with Crippen molar-refractivity contribution in [3.05, 3.63) is 71.8 Å². The maximum absolute atomic E-state index is 3.52. The molecule has 0 bridgehead atoms. The molecule has 2 aliphatic rings. The third-order valence-electron chi connectivity index (χ3n) is 4.74. The summed E-state index contributed by atoms with van der Waals surface area (Å²) >= 11 is 0. The lowest BCUT2D eigenvalue weighted by Gasteiger charge is -2.18. The Morgan fingerprint density at radius 3 is 2.73 bits per heavy atom. The van der Waals surface area contributed by atoms with Gasteiger partial charge in [0.1, 0.15) is 0 Å². The molecule has 3 unspecified atom stereocenters. The third-order valence-corrected chi connectivity index (χ3v) is 4.74. The van der Waals surface area contributed by atoms with Gasteiger partial charge in [0.2, 0.25) is 0 Å². The van der Waals surface area contributed by atoms with E-state index in [0.717, 1.165) is 19.6 Å². The molecule has 0 aromatic heterocycles. The second-order valence-electron chi connectivity index (χ2n) is 6.45. The zero-order valence-corrected chi connectivity index (χ0v) is 13.6. The molecule has 0 radical (unpaired) electrons. The average Bonchev–Trinajstić information content (AvgIpc) is 2.81. The molecule has 1 aliphatic carbocycles. The summed E-state index contributed by atoms with van der Waals surface area (Å²) in [7, 11) is 2.09. The second kappa shape index (κ2) is 7.08. The van der Waals surface area contributed by atoms with E-state index in [9.17, 15) is 0 Å². The van der Waals surface area contributed by atoms with E-state index in [0.29, 0.717) is 17.9 Å². The number of rotatable bonds is 4. The Morgan fingerprint density at radius 1 is 1.14 bits per heavy atom. The first-order valence-electron chi connectivity index (χ1n) is 8.26. The molecule has 1 N–H and O–H groups in total. The minimum Gasteiger partial charge on any atom is -0.315 e. The summed E-state index contributed by atoms with van der Waals surface area (Å²) in [5.74, 6) is 1.10. The van der Waals surface area contributed by atoms with Gasteiger partial charge in [-0.2, -0.15) is 0 Å². The molecule has 22 heavy (non-hydrogen) atoms. The Bertz CT molecular complexity index is 571. The summed E-state index contributed by atoms with van der Waals surface area (Å²) in [5.41, 5.74) is 2.85. The summed E-state index contributed by atoms with van der Waals surface area (Å²) in [6, 6.07) is 11.3. The second-order valence-corrected chi connectivity index (χ2v) is 6.45. The monoisotopic (exact) mass is 294 g/mol. The van der Waals surface area contributed by atoms with Gasteiger partial charge >= 0.3 is 0 Å². The van der Waals surface area contributed by atoms with E-state index >= 15 is 0 Å². The van der Waals surface area contributed by atoms with Crippen molar-refractivity contribution in [3.63, 3.8) is 0 Å². The predicted molar refractivity (Wildman–Crippen MR) is 93.6 cm³/mol. The standard InChI is InChI=1S/C20H26N2/c1-16-7-6-10-18(12-11-16)19-14-22(15-20(19)21-2)13-17-8-4-3-5-9-17/h3-12,16,19-21H,13-15H2,1-2H3. The highest BCUT2D eigenvalue weighted by Crippen LogP contribution is 2.28. The number of benzene rings is 1. The first-order valence-corrected chi connectivity index (χ1v) is 8.26. The SMILES string of the molecule is CNC1CN(Cc2ccccc2)CC1C1=CC=CC(C)C=C1. The zero-order valence-electron chi connectivity index (χ0n) is 13.6. The summed E-state index contributed by atoms with van der Waals surface area (Å²) in [5, 5.41) is 3.52. The van der Waals surface area contributed by atoms with Crippen LogP contribution in [0.3, 0.4) is 0 Å². The molecule has 0 amide bonds. The lowest BCUT2D eigenvalue weighted by Crippen LogP contribution is -2.34. The molecule has 3 rings (SSSR count). The minimum atomic E-state index is 0.529. The van der Waals surface area contributed by atoms with E-state index < -0.39 is 0 Å². The van der Waals surface area contributed by atoms with E-state index in [4.69, 9.17) is 0 Å². The van der Waals surface area contributed by atoms with E-state index in [1.165, 1.54) is 11.1 Å². The summed E-state index contributed by atoms with van der Waals surface area (Å²) in [6.07, 6.45) is 11.4. The number of nitrogens with zero attached hydrogens (tertiary/aromatic N) is 1. The Labute approximate surface area is 134 Å². The molecule has 1 fully saturated rings. The normalized spacial score (nSPS) is 28.6. The number of likely N-dealkylation sites (N-methyl/N-ethyl adjacent to an activating group) is 1. The van der Waals surface area contributed by atoms with Crippen LogP contribution in [-0.4, -0.2) is 31.1 Å². The van der Waals surface area contributed by atoms with Gasteiger partial charge in [0, 0.05) is 31.6 Å². The Hall–Kier alpha value is -1.64. The lowest BCUT2D eigenvalue weighted by atomic mass is 9.93. The Kier molecular flexibility index (Phi) is 4.91. The van der Waals surface area contributed by atoms with Crippen molar-refractivity contribution in [1.82, 2.24) is 10.2 Å². The van der Waals surface area contributed by atoms with Crippen LogP contribution in [-0.2, 0) is 6.54 Å². The molecule has 1 aliphatic heterocycles. The molecular formula is C20H26N2. The zero-order chi connectivity index (χ0) is 15.4. The van der Waals surface area contributed by atoms with Crippen molar-refractivity contribution in [2.75, 3.05) is 20.1 Å². The number of hydrogen-bond acceptors (Lipinski definition) is 2. The van der Waals surface area contributed by atoms with Crippen LogP contribution in [0, 0.1) is 11.8 Å². The topological polar surface area (TPSA) is 15.3 Å². The van der Waals surface area contributed by atoms with E-state index in [2.05, 4.69) is 84.9 Å². The molecule has 3 atom stereocenters. The number of hydrogen-bond donors (Lipinski definition) is 1. The summed E-state index contributed by atoms with van der Waals surface area (Å²) in [6.45, 7) is 5.51. The number of allylic oxidation sites excluding steroid dienone is 5. The van der Waals surface area contributed by atoms with E-state index in [1.54, 1.807) is 0 Å². The highest BCUT2D eigenvalue weighted by molar-refractivity contribution is 5.33.